The molecule has 0 amide bonds. The van der Waals surface area contributed by atoms with Crippen LogP contribution in [0.2, 0.25) is 0 Å². The van der Waals surface area contributed by atoms with Crippen molar-refractivity contribution < 1.29 is 0 Å². The third kappa shape index (κ3) is 4.19. The van der Waals surface area contributed by atoms with E-state index in [-0.39, 0.29) is 0 Å². The average molecular weight is 279 g/mol. The van der Waals surface area contributed by atoms with Crippen molar-refractivity contribution in [1.82, 2.24) is 15.5 Å². The molecular formula is C17H33N3. The Morgan fingerprint density at radius 3 is 1.50 bits per heavy atom. The highest BCUT2D eigenvalue weighted by Gasteiger charge is 2.27. The van der Waals surface area contributed by atoms with Crippen molar-refractivity contribution >= 4 is 0 Å². The first-order valence-corrected chi connectivity index (χ1v) is 9.18. The van der Waals surface area contributed by atoms with Crippen LogP contribution in [-0.2, 0) is 0 Å². The molecule has 20 heavy (non-hydrogen) atoms. The van der Waals surface area contributed by atoms with E-state index in [1.807, 2.05) is 0 Å². The average Bonchev–Trinajstić information content (AvgIpc) is 3.03. The Labute approximate surface area is 124 Å². The van der Waals surface area contributed by atoms with Gasteiger partial charge in [-0.3, -0.25) is 15.5 Å². The molecule has 0 aromatic heterocycles. The van der Waals surface area contributed by atoms with E-state index in [2.05, 4.69) is 15.5 Å². The minimum Gasteiger partial charge on any atom is -0.287 e. The molecule has 116 valence electrons. The van der Waals surface area contributed by atoms with E-state index >= 15 is 0 Å². The molecule has 3 rings (SSSR count). The molecule has 0 bridgehead atoms. The lowest BCUT2D eigenvalue weighted by Gasteiger charge is -2.38. The highest BCUT2D eigenvalue weighted by molar-refractivity contribution is 4.83. The third-order valence-corrected chi connectivity index (χ3v) is 5.50. The normalized spacial score (nSPS) is 27.4. The predicted octanol–water partition coefficient (Wildman–Crippen LogP) is 3.21. The number of hydrogen-bond acceptors (Lipinski definition) is 3. The molecule has 1 saturated heterocycles. The van der Waals surface area contributed by atoms with Crippen LogP contribution in [0.3, 0.4) is 0 Å². The summed E-state index contributed by atoms with van der Waals surface area (Å²) in [6, 6.07) is 1.51. The molecule has 1 aliphatic heterocycles. The molecular weight excluding hydrogens is 246 g/mol. The van der Waals surface area contributed by atoms with Crippen LogP contribution >= 0.6 is 0 Å². The third-order valence-electron chi connectivity index (χ3n) is 5.50. The Kier molecular flexibility index (Phi) is 5.75. The Morgan fingerprint density at radius 1 is 0.600 bits per heavy atom. The molecule has 2 saturated carbocycles. The molecule has 2 aliphatic carbocycles. The molecule has 3 heteroatoms. The van der Waals surface area contributed by atoms with Gasteiger partial charge in [0.25, 0.3) is 0 Å². The van der Waals surface area contributed by atoms with Gasteiger partial charge >= 0.3 is 0 Å². The van der Waals surface area contributed by atoms with Gasteiger partial charge in [-0.15, -0.1) is 0 Å². The summed E-state index contributed by atoms with van der Waals surface area (Å²) in [6.07, 6.45) is 17.4. The zero-order valence-corrected chi connectivity index (χ0v) is 13.1. The van der Waals surface area contributed by atoms with Crippen LogP contribution in [0.25, 0.3) is 0 Å². The first-order chi connectivity index (χ1) is 9.92. The number of rotatable bonds is 5. The number of likely N-dealkylation sites (tertiary alicyclic amines) is 1. The Bertz CT molecular complexity index is 243. The molecule has 0 unspecified atom stereocenters. The van der Waals surface area contributed by atoms with Gasteiger partial charge in [-0.25, -0.2) is 0 Å². The van der Waals surface area contributed by atoms with Gasteiger partial charge in [-0.1, -0.05) is 38.5 Å². The van der Waals surface area contributed by atoms with Crippen molar-refractivity contribution in [2.45, 2.75) is 95.4 Å². The number of hydrogen-bond donors (Lipinski definition) is 2. The van der Waals surface area contributed by atoms with Gasteiger partial charge < -0.3 is 0 Å². The lowest BCUT2D eigenvalue weighted by Crippen LogP contribution is -2.59. The smallest absolute Gasteiger partial charge is 0.114 e. The Hall–Kier alpha value is -0.120. The largest absolute Gasteiger partial charge is 0.287 e. The standard InChI is InChI=1S/C17H33N3/c1-3-9-15(10-4-1)18-17(20-13-7-8-14-20)19-16-11-5-2-6-12-16/h15-19H,1-14H2. The maximum Gasteiger partial charge on any atom is 0.114 e. The quantitative estimate of drug-likeness (QED) is 0.757. The molecule has 3 aliphatic rings. The zero-order chi connectivity index (χ0) is 13.6. The van der Waals surface area contributed by atoms with Crippen LogP contribution in [0.4, 0.5) is 0 Å². The molecule has 3 nitrogen and oxygen atoms in total. The molecule has 0 radical (unpaired) electrons. The highest BCUT2D eigenvalue weighted by atomic mass is 15.4. The van der Waals surface area contributed by atoms with Crippen molar-refractivity contribution in [3.8, 4) is 0 Å². The number of nitrogens with one attached hydrogen (secondary N) is 2. The van der Waals surface area contributed by atoms with Gasteiger partial charge in [-0.05, 0) is 38.5 Å². The van der Waals surface area contributed by atoms with Gasteiger partial charge in [0.1, 0.15) is 6.29 Å². The molecule has 0 aromatic rings. The first-order valence-electron chi connectivity index (χ1n) is 9.18. The van der Waals surface area contributed by atoms with Crippen LogP contribution in [0.5, 0.6) is 0 Å². The lowest BCUT2D eigenvalue weighted by atomic mass is 9.94. The molecule has 0 spiro atoms. The van der Waals surface area contributed by atoms with Gasteiger partial charge in [0.05, 0.1) is 0 Å². The highest BCUT2D eigenvalue weighted by Crippen LogP contribution is 2.21. The molecule has 2 N–H and O–H groups in total. The van der Waals surface area contributed by atoms with Gasteiger partial charge in [0.15, 0.2) is 0 Å². The van der Waals surface area contributed by atoms with E-state index in [4.69, 9.17) is 0 Å². The van der Waals surface area contributed by atoms with E-state index in [0.29, 0.717) is 6.29 Å². The van der Waals surface area contributed by atoms with Crippen LogP contribution in [0.1, 0.15) is 77.0 Å². The number of nitrogens with zero attached hydrogens (tertiary/aromatic N) is 1. The minimum atomic E-state index is 0.448. The second kappa shape index (κ2) is 7.77. The fourth-order valence-corrected chi connectivity index (χ4v) is 4.24. The SMILES string of the molecule is C1CCC(NC(NC2CCCCC2)N2CCCC2)CC1. The first kappa shape index (κ1) is 14.8. The van der Waals surface area contributed by atoms with Crippen molar-refractivity contribution in [2.24, 2.45) is 0 Å². The fraction of sp³-hybridized carbons (Fsp3) is 1.00. The van der Waals surface area contributed by atoms with Gasteiger partial charge in [0.2, 0.25) is 0 Å². The van der Waals surface area contributed by atoms with E-state index < -0.39 is 0 Å². The second-order valence-electron chi connectivity index (χ2n) is 7.15. The molecule has 0 atom stereocenters. The fourth-order valence-electron chi connectivity index (χ4n) is 4.24. The van der Waals surface area contributed by atoms with Crippen LogP contribution in [0, 0.1) is 0 Å². The van der Waals surface area contributed by atoms with Crippen LogP contribution < -0.4 is 10.6 Å². The summed E-state index contributed by atoms with van der Waals surface area (Å²) in [5.41, 5.74) is 0. The minimum absolute atomic E-state index is 0.448. The second-order valence-corrected chi connectivity index (χ2v) is 7.15. The van der Waals surface area contributed by atoms with Crippen LogP contribution in [0.15, 0.2) is 0 Å². The maximum absolute atomic E-state index is 3.96. The van der Waals surface area contributed by atoms with Crippen molar-refractivity contribution in [3.63, 3.8) is 0 Å². The monoisotopic (exact) mass is 279 g/mol. The van der Waals surface area contributed by atoms with Crippen molar-refractivity contribution in [1.29, 1.82) is 0 Å². The lowest BCUT2D eigenvalue weighted by molar-refractivity contribution is 0.119. The summed E-state index contributed by atoms with van der Waals surface area (Å²) in [5, 5.41) is 7.92. The Balaban J connectivity index is 1.54. The predicted molar refractivity (Wildman–Crippen MR) is 84.6 cm³/mol. The van der Waals surface area contributed by atoms with E-state index in [1.165, 1.54) is 90.1 Å². The van der Waals surface area contributed by atoms with E-state index in [0.717, 1.165) is 12.1 Å². The van der Waals surface area contributed by atoms with Gasteiger partial charge in [-0.2, -0.15) is 0 Å². The Morgan fingerprint density at radius 2 is 1.05 bits per heavy atom. The molecule has 0 aromatic carbocycles. The topological polar surface area (TPSA) is 27.3 Å². The van der Waals surface area contributed by atoms with E-state index in [1.54, 1.807) is 0 Å². The molecule has 1 heterocycles. The van der Waals surface area contributed by atoms with Gasteiger partial charge in [0, 0.05) is 25.2 Å². The summed E-state index contributed by atoms with van der Waals surface area (Å²) in [6.45, 7) is 2.56. The maximum atomic E-state index is 3.96. The summed E-state index contributed by atoms with van der Waals surface area (Å²) in [7, 11) is 0. The zero-order valence-electron chi connectivity index (χ0n) is 13.1. The van der Waals surface area contributed by atoms with Crippen molar-refractivity contribution in [3.05, 3.63) is 0 Å². The molecule has 3 fully saturated rings. The summed E-state index contributed by atoms with van der Waals surface area (Å²) >= 11 is 0. The van der Waals surface area contributed by atoms with Crippen LogP contribution in [-0.4, -0.2) is 36.4 Å². The van der Waals surface area contributed by atoms with Crippen molar-refractivity contribution in [2.75, 3.05) is 13.1 Å². The van der Waals surface area contributed by atoms with E-state index in [9.17, 15) is 0 Å². The summed E-state index contributed by atoms with van der Waals surface area (Å²) in [5.74, 6) is 0. The summed E-state index contributed by atoms with van der Waals surface area (Å²) in [4.78, 5) is 2.66. The summed E-state index contributed by atoms with van der Waals surface area (Å²) < 4.78 is 0.